The van der Waals surface area contributed by atoms with Gasteiger partial charge in [0.15, 0.2) is 5.82 Å². The van der Waals surface area contributed by atoms with Crippen molar-refractivity contribution in [2.75, 3.05) is 12.3 Å². The van der Waals surface area contributed by atoms with Crippen LogP contribution < -0.4 is 10.5 Å². The lowest BCUT2D eigenvalue weighted by molar-refractivity contribution is -0.135. The van der Waals surface area contributed by atoms with Crippen molar-refractivity contribution in [3.8, 4) is 0 Å². The first-order chi connectivity index (χ1) is 8.54. The SMILES string of the molecule is Cc1c(S(=O)(=O)NCCCC(F)(F)F)c(N)nn1C. The Morgan fingerprint density at radius 3 is 2.42 bits per heavy atom. The minimum atomic E-state index is -4.30. The minimum Gasteiger partial charge on any atom is -0.381 e. The zero-order valence-electron chi connectivity index (χ0n) is 10.5. The van der Waals surface area contributed by atoms with Gasteiger partial charge in [0.05, 0.1) is 5.69 Å². The van der Waals surface area contributed by atoms with Gasteiger partial charge in [0.2, 0.25) is 10.0 Å². The van der Waals surface area contributed by atoms with Gasteiger partial charge in [0, 0.05) is 20.0 Å². The zero-order valence-corrected chi connectivity index (χ0v) is 11.3. The van der Waals surface area contributed by atoms with Crippen molar-refractivity contribution < 1.29 is 21.6 Å². The molecule has 0 spiro atoms. The first-order valence-corrected chi connectivity index (χ1v) is 6.88. The summed E-state index contributed by atoms with van der Waals surface area (Å²) in [6.45, 7) is 1.20. The standard InChI is InChI=1S/C9H15F3N4O2S/c1-6-7(8(13)15-16(6)2)19(17,18)14-5-3-4-9(10,11)12/h14H,3-5H2,1-2H3,(H2,13,15). The molecule has 3 N–H and O–H groups in total. The molecule has 19 heavy (non-hydrogen) atoms. The van der Waals surface area contributed by atoms with Crippen LogP contribution in [0.4, 0.5) is 19.0 Å². The van der Waals surface area contributed by atoms with Gasteiger partial charge in [-0.05, 0) is 13.3 Å². The molecule has 1 rings (SSSR count). The summed E-state index contributed by atoms with van der Waals surface area (Å²) in [4.78, 5) is -0.193. The molecule has 0 aliphatic carbocycles. The second kappa shape index (κ2) is 5.37. The molecule has 110 valence electrons. The van der Waals surface area contributed by atoms with Crippen molar-refractivity contribution in [2.45, 2.75) is 30.8 Å². The maximum absolute atomic E-state index is 11.9. The highest BCUT2D eigenvalue weighted by Crippen LogP contribution is 2.22. The van der Waals surface area contributed by atoms with Crippen molar-refractivity contribution in [2.24, 2.45) is 7.05 Å². The van der Waals surface area contributed by atoms with Crippen LogP contribution in [-0.4, -0.2) is 30.9 Å². The summed E-state index contributed by atoms with van der Waals surface area (Å²) in [6, 6.07) is 0. The number of nitrogens with zero attached hydrogens (tertiary/aromatic N) is 2. The molecule has 1 aromatic heterocycles. The highest BCUT2D eigenvalue weighted by molar-refractivity contribution is 7.89. The number of hydrogen-bond acceptors (Lipinski definition) is 4. The van der Waals surface area contributed by atoms with Crippen LogP contribution >= 0.6 is 0 Å². The van der Waals surface area contributed by atoms with E-state index >= 15 is 0 Å². The lowest BCUT2D eigenvalue weighted by Gasteiger charge is -2.08. The number of hydrogen-bond donors (Lipinski definition) is 2. The smallest absolute Gasteiger partial charge is 0.381 e. The van der Waals surface area contributed by atoms with E-state index in [1.54, 1.807) is 0 Å². The molecule has 0 aromatic carbocycles. The second-order valence-corrected chi connectivity index (χ2v) is 5.74. The fourth-order valence-electron chi connectivity index (χ4n) is 1.51. The number of alkyl halides is 3. The average Bonchev–Trinajstić information content (AvgIpc) is 2.47. The molecule has 0 bridgehead atoms. The highest BCUT2D eigenvalue weighted by Gasteiger charge is 2.27. The Morgan fingerprint density at radius 1 is 1.42 bits per heavy atom. The molecular weight excluding hydrogens is 285 g/mol. The number of halogens is 3. The van der Waals surface area contributed by atoms with Gasteiger partial charge in [-0.25, -0.2) is 13.1 Å². The molecule has 1 heterocycles. The predicted octanol–water partition coefficient (Wildman–Crippen LogP) is 0.932. The molecular formula is C9H15F3N4O2S. The summed E-state index contributed by atoms with van der Waals surface area (Å²) in [7, 11) is -2.42. The third kappa shape index (κ3) is 4.10. The zero-order chi connectivity index (χ0) is 14.8. The Morgan fingerprint density at radius 2 is 2.00 bits per heavy atom. The quantitative estimate of drug-likeness (QED) is 0.792. The third-order valence-corrected chi connectivity index (χ3v) is 4.13. The van der Waals surface area contributed by atoms with Crippen LogP contribution in [0.2, 0.25) is 0 Å². The maximum Gasteiger partial charge on any atom is 0.389 e. The summed E-state index contributed by atoms with van der Waals surface area (Å²) in [5, 5.41) is 3.74. The van der Waals surface area contributed by atoms with Crippen LogP contribution in [-0.2, 0) is 17.1 Å². The van der Waals surface area contributed by atoms with E-state index in [2.05, 4.69) is 9.82 Å². The lowest BCUT2D eigenvalue weighted by Crippen LogP contribution is -2.27. The summed E-state index contributed by atoms with van der Waals surface area (Å²) >= 11 is 0. The van der Waals surface area contributed by atoms with E-state index in [1.807, 2.05) is 0 Å². The Balaban J connectivity index is 2.72. The monoisotopic (exact) mass is 300 g/mol. The number of aryl methyl sites for hydroxylation is 1. The fourth-order valence-corrected chi connectivity index (χ4v) is 2.91. The topological polar surface area (TPSA) is 90.0 Å². The molecule has 0 atom stereocenters. The van der Waals surface area contributed by atoms with Gasteiger partial charge in [0.1, 0.15) is 4.90 Å². The Bertz CT molecular complexity index is 551. The second-order valence-electron chi connectivity index (χ2n) is 4.04. The summed E-state index contributed by atoms with van der Waals surface area (Å²) < 4.78 is 62.9. The summed E-state index contributed by atoms with van der Waals surface area (Å²) in [5.74, 6) is -0.177. The van der Waals surface area contributed by atoms with E-state index < -0.39 is 22.6 Å². The first kappa shape index (κ1) is 15.8. The van der Waals surface area contributed by atoms with Gasteiger partial charge in [-0.3, -0.25) is 4.68 Å². The molecule has 10 heteroatoms. The van der Waals surface area contributed by atoms with Crippen molar-refractivity contribution in [1.82, 2.24) is 14.5 Å². The number of rotatable bonds is 5. The van der Waals surface area contributed by atoms with Crippen molar-refractivity contribution in [1.29, 1.82) is 0 Å². The van der Waals surface area contributed by atoms with Crippen molar-refractivity contribution in [3.05, 3.63) is 5.69 Å². The molecule has 0 aliphatic rings. The summed E-state index contributed by atoms with van der Waals surface area (Å²) in [5.41, 5.74) is 5.79. The predicted molar refractivity (Wildman–Crippen MR) is 62.8 cm³/mol. The van der Waals surface area contributed by atoms with E-state index in [9.17, 15) is 21.6 Å². The molecule has 0 aliphatic heterocycles. The van der Waals surface area contributed by atoms with Gasteiger partial charge in [0.25, 0.3) is 0 Å². The third-order valence-electron chi connectivity index (χ3n) is 2.50. The molecule has 0 unspecified atom stereocenters. The Labute approximate surface area is 108 Å². The van der Waals surface area contributed by atoms with E-state index in [-0.39, 0.29) is 23.7 Å². The van der Waals surface area contributed by atoms with Crippen LogP contribution in [0.15, 0.2) is 4.90 Å². The van der Waals surface area contributed by atoms with Crippen LogP contribution in [0, 0.1) is 6.92 Å². The van der Waals surface area contributed by atoms with Crippen LogP contribution in [0.5, 0.6) is 0 Å². The summed E-state index contributed by atoms with van der Waals surface area (Å²) in [6.07, 6.45) is -5.67. The molecule has 1 aromatic rings. The molecule has 0 amide bonds. The minimum absolute atomic E-state index is 0.177. The van der Waals surface area contributed by atoms with E-state index in [4.69, 9.17) is 5.73 Å². The maximum atomic E-state index is 11.9. The van der Waals surface area contributed by atoms with Gasteiger partial charge >= 0.3 is 6.18 Å². The first-order valence-electron chi connectivity index (χ1n) is 5.40. The Hall–Kier alpha value is -1.29. The van der Waals surface area contributed by atoms with Gasteiger partial charge in [-0.2, -0.15) is 18.3 Å². The van der Waals surface area contributed by atoms with Gasteiger partial charge in [-0.1, -0.05) is 0 Å². The van der Waals surface area contributed by atoms with Crippen molar-refractivity contribution >= 4 is 15.8 Å². The van der Waals surface area contributed by atoms with Crippen LogP contribution in [0.25, 0.3) is 0 Å². The molecule has 0 radical (unpaired) electrons. The van der Waals surface area contributed by atoms with E-state index in [0.29, 0.717) is 5.69 Å². The number of nitrogen functional groups attached to an aromatic ring is 1. The van der Waals surface area contributed by atoms with E-state index in [0.717, 1.165) is 0 Å². The number of anilines is 1. The largest absolute Gasteiger partial charge is 0.389 e. The normalized spacial score (nSPS) is 12.9. The molecule has 0 saturated carbocycles. The number of nitrogens with two attached hydrogens (primary N) is 1. The van der Waals surface area contributed by atoms with Crippen LogP contribution in [0.1, 0.15) is 18.5 Å². The van der Waals surface area contributed by atoms with Crippen molar-refractivity contribution in [3.63, 3.8) is 0 Å². The average molecular weight is 300 g/mol. The number of nitrogens with one attached hydrogen (secondary N) is 1. The molecule has 6 nitrogen and oxygen atoms in total. The number of sulfonamides is 1. The number of aromatic nitrogens is 2. The van der Waals surface area contributed by atoms with Gasteiger partial charge in [-0.15, -0.1) is 0 Å². The highest BCUT2D eigenvalue weighted by atomic mass is 32.2. The van der Waals surface area contributed by atoms with E-state index in [1.165, 1.54) is 18.7 Å². The molecule has 0 saturated heterocycles. The van der Waals surface area contributed by atoms with Gasteiger partial charge < -0.3 is 5.73 Å². The molecule has 0 fully saturated rings. The lowest BCUT2D eigenvalue weighted by atomic mass is 10.3. The fraction of sp³-hybridized carbons (Fsp3) is 0.667. The van der Waals surface area contributed by atoms with Crippen LogP contribution in [0.3, 0.4) is 0 Å². The Kier molecular flexibility index (Phi) is 4.46.